The third-order valence-electron chi connectivity index (χ3n) is 2.01. The maximum Gasteiger partial charge on any atom is 0.316 e. The van der Waals surface area contributed by atoms with Crippen molar-refractivity contribution >= 4 is 17.7 Å². The second-order valence-electron chi connectivity index (χ2n) is 3.21. The molecule has 1 rings (SSSR count). The van der Waals surface area contributed by atoms with Crippen LogP contribution in [0.2, 0.25) is 0 Å². The molecule has 1 atom stereocenters. The fraction of sp³-hybridized carbons (Fsp3) is 0.308. The molecule has 2 nitrogen and oxygen atoms in total. The van der Waals surface area contributed by atoms with Crippen LogP contribution in [-0.4, -0.2) is 22.1 Å². The highest BCUT2D eigenvalue weighted by Gasteiger charge is 2.13. The fourth-order valence-electron chi connectivity index (χ4n) is 1.17. The maximum absolute atomic E-state index is 10.7. The summed E-state index contributed by atoms with van der Waals surface area (Å²) in [5.74, 6) is 5.77. The van der Waals surface area contributed by atoms with Crippen LogP contribution in [-0.2, 0) is 4.79 Å². The summed E-state index contributed by atoms with van der Waals surface area (Å²) in [6, 6.07) is 9.68. The van der Waals surface area contributed by atoms with E-state index in [1.807, 2.05) is 37.3 Å². The minimum absolute atomic E-state index is 0.343. The smallest absolute Gasteiger partial charge is 0.316 e. The number of carboxylic acids is 1. The molecule has 16 heavy (non-hydrogen) atoms. The first-order valence-corrected chi connectivity index (χ1v) is 6.17. The fourth-order valence-corrected chi connectivity index (χ4v) is 1.90. The van der Waals surface area contributed by atoms with Crippen molar-refractivity contribution in [2.45, 2.75) is 18.6 Å². The zero-order valence-corrected chi connectivity index (χ0v) is 9.96. The van der Waals surface area contributed by atoms with Gasteiger partial charge in [0.25, 0.3) is 0 Å². The lowest BCUT2D eigenvalue weighted by Gasteiger charge is -2.05. The Bertz CT molecular complexity index is 389. The molecule has 0 amide bonds. The Kier molecular flexibility index (Phi) is 5.52. The molecule has 0 saturated carbocycles. The van der Waals surface area contributed by atoms with Gasteiger partial charge in [0.2, 0.25) is 0 Å². The number of hydrogen-bond acceptors (Lipinski definition) is 2. The van der Waals surface area contributed by atoms with Gasteiger partial charge < -0.3 is 5.11 Å². The van der Waals surface area contributed by atoms with Gasteiger partial charge in [-0.05, 0) is 18.6 Å². The number of thioether (sulfide) groups is 1. The van der Waals surface area contributed by atoms with Crippen molar-refractivity contribution in [3.05, 3.63) is 35.9 Å². The molecule has 0 aliphatic carbocycles. The summed E-state index contributed by atoms with van der Waals surface area (Å²) < 4.78 is 0. The lowest BCUT2D eigenvalue weighted by Crippen LogP contribution is -2.15. The molecule has 0 aromatic heterocycles. The van der Waals surface area contributed by atoms with Crippen LogP contribution in [0.15, 0.2) is 30.3 Å². The number of rotatable bonds is 4. The summed E-state index contributed by atoms with van der Waals surface area (Å²) >= 11 is 1.38. The average Bonchev–Trinajstić information content (AvgIpc) is 2.30. The predicted octanol–water partition coefficient (Wildman–Crippen LogP) is 2.63. The zero-order chi connectivity index (χ0) is 11.8. The average molecular weight is 234 g/mol. The van der Waals surface area contributed by atoms with Gasteiger partial charge in [-0.1, -0.05) is 37.0 Å². The molecule has 0 fully saturated rings. The Morgan fingerprint density at radius 2 is 2.12 bits per heavy atom. The largest absolute Gasteiger partial charge is 0.480 e. The highest BCUT2D eigenvalue weighted by atomic mass is 32.2. The first-order chi connectivity index (χ1) is 7.74. The van der Waals surface area contributed by atoms with Gasteiger partial charge >= 0.3 is 5.97 Å². The van der Waals surface area contributed by atoms with Crippen LogP contribution >= 0.6 is 11.8 Å². The normalized spacial score (nSPS) is 11.3. The SMILES string of the molecule is CCC(SCC#Cc1ccccc1)C(=O)O. The number of hydrogen-bond donors (Lipinski definition) is 1. The maximum atomic E-state index is 10.7. The van der Waals surface area contributed by atoms with Crippen molar-refractivity contribution < 1.29 is 9.90 Å². The van der Waals surface area contributed by atoms with Crippen LogP contribution in [0.5, 0.6) is 0 Å². The topological polar surface area (TPSA) is 37.3 Å². The van der Waals surface area contributed by atoms with Crippen LogP contribution in [0, 0.1) is 11.8 Å². The number of aliphatic carboxylic acids is 1. The number of carbonyl (C=O) groups is 1. The molecule has 0 aliphatic heterocycles. The van der Waals surface area contributed by atoms with E-state index in [1.165, 1.54) is 11.8 Å². The van der Waals surface area contributed by atoms with Crippen molar-refractivity contribution in [3.63, 3.8) is 0 Å². The highest BCUT2D eigenvalue weighted by molar-refractivity contribution is 8.00. The van der Waals surface area contributed by atoms with Gasteiger partial charge in [-0.15, -0.1) is 11.8 Å². The third-order valence-corrected chi connectivity index (χ3v) is 3.26. The van der Waals surface area contributed by atoms with E-state index in [1.54, 1.807) is 0 Å². The Morgan fingerprint density at radius 3 is 2.69 bits per heavy atom. The quantitative estimate of drug-likeness (QED) is 0.814. The van der Waals surface area contributed by atoms with Crippen LogP contribution in [0.25, 0.3) is 0 Å². The monoisotopic (exact) mass is 234 g/mol. The third kappa shape index (κ3) is 4.41. The van der Waals surface area contributed by atoms with Crippen LogP contribution in [0.4, 0.5) is 0 Å². The van der Waals surface area contributed by atoms with Crippen molar-refractivity contribution in [1.82, 2.24) is 0 Å². The van der Waals surface area contributed by atoms with Crippen molar-refractivity contribution in [2.24, 2.45) is 0 Å². The standard InChI is InChI=1S/C13H14O2S/c1-2-12(13(14)15)16-10-6-9-11-7-4-3-5-8-11/h3-5,7-8,12H,2,10H2,1H3,(H,14,15). The number of carboxylic acid groups (broad SMARTS) is 1. The second-order valence-corrected chi connectivity index (χ2v) is 4.40. The van der Waals surface area contributed by atoms with Gasteiger partial charge in [-0.3, -0.25) is 4.79 Å². The molecule has 1 aromatic rings. The first kappa shape index (κ1) is 12.7. The molecule has 0 radical (unpaired) electrons. The summed E-state index contributed by atoms with van der Waals surface area (Å²) in [6.45, 7) is 1.87. The molecule has 0 aliphatic rings. The Hall–Kier alpha value is -1.40. The number of benzene rings is 1. The molecular formula is C13H14O2S. The Balaban J connectivity index is 2.41. The molecule has 84 valence electrons. The summed E-state index contributed by atoms with van der Waals surface area (Å²) in [6.07, 6.45) is 0.632. The molecule has 1 aromatic carbocycles. The van der Waals surface area contributed by atoms with Crippen LogP contribution < -0.4 is 0 Å². The lowest BCUT2D eigenvalue weighted by molar-refractivity contribution is -0.136. The Morgan fingerprint density at radius 1 is 1.44 bits per heavy atom. The second kappa shape index (κ2) is 6.97. The lowest BCUT2D eigenvalue weighted by atomic mass is 10.2. The van der Waals surface area contributed by atoms with Crippen molar-refractivity contribution in [1.29, 1.82) is 0 Å². The van der Waals surface area contributed by atoms with Gasteiger partial charge in [-0.2, -0.15) is 0 Å². The van der Waals surface area contributed by atoms with Crippen molar-refractivity contribution in [3.8, 4) is 11.8 Å². The van der Waals surface area contributed by atoms with E-state index < -0.39 is 5.97 Å². The van der Waals surface area contributed by atoms with E-state index in [0.717, 1.165) is 5.56 Å². The van der Waals surface area contributed by atoms with Gasteiger partial charge in [0.15, 0.2) is 0 Å². The van der Waals surface area contributed by atoms with Gasteiger partial charge in [0.1, 0.15) is 5.25 Å². The summed E-state index contributed by atoms with van der Waals surface area (Å²) in [4.78, 5) is 10.7. The zero-order valence-electron chi connectivity index (χ0n) is 9.14. The van der Waals surface area contributed by atoms with Crippen molar-refractivity contribution in [2.75, 3.05) is 5.75 Å². The van der Waals surface area contributed by atoms with Crippen LogP contribution in [0.3, 0.4) is 0 Å². The van der Waals surface area contributed by atoms with Gasteiger partial charge in [0.05, 0.1) is 5.75 Å². The van der Waals surface area contributed by atoms with E-state index in [2.05, 4.69) is 11.8 Å². The molecule has 3 heteroatoms. The minimum Gasteiger partial charge on any atom is -0.480 e. The van der Waals surface area contributed by atoms with E-state index in [9.17, 15) is 4.79 Å². The van der Waals surface area contributed by atoms with E-state index in [4.69, 9.17) is 5.11 Å². The van der Waals surface area contributed by atoms with E-state index in [0.29, 0.717) is 12.2 Å². The first-order valence-electron chi connectivity index (χ1n) is 5.12. The van der Waals surface area contributed by atoms with Crippen LogP contribution in [0.1, 0.15) is 18.9 Å². The summed E-state index contributed by atoms with van der Waals surface area (Å²) in [5, 5.41) is 8.48. The van der Waals surface area contributed by atoms with Gasteiger partial charge in [0, 0.05) is 5.56 Å². The molecular weight excluding hydrogens is 220 g/mol. The predicted molar refractivity (Wildman–Crippen MR) is 67.5 cm³/mol. The minimum atomic E-state index is -0.756. The Labute approximate surface area is 100 Å². The van der Waals surface area contributed by atoms with E-state index in [-0.39, 0.29) is 5.25 Å². The molecule has 1 unspecified atom stereocenters. The molecule has 0 heterocycles. The highest BCUT2D eigenvalue weighted by Crippen LogP contribution is 2.13. The molecule has 0 saturated heterocycles. The molecule has 0 bridgehead atoms. The molecule has 0 spiro atoms. The summed E-state index contributed by atoms with van der Waals surface area (Å²) in [7, 11) is 0. The molecule has 1 N–H and O–H groups in total. The summed E-state index contributed by atoms with van der Waals surface area (Å²) in [5.41, 5.74) is 0.964. The van der Waals surface area contributed by atoms with Gasteiger partial charge in [-0.25, -0.2) is 0 Å². The van der Waals surface area contributed by atoms with E-state index >= 15 is 0 Å².